The Labute approximate surface area is 183 Å². The molecular weight excluding hydrogens is 440 g/mol. The molecule has 1 heterocycles. The van der Waals surface area contributed by atoms with Gasteiger partial charge in [0.15, 0.2) is 0 Å². The van der Waals surface area contributed by atoms with E-state index in [1.165, 1.54) is 42.7 Å². The number of ether oxygens (including phenoxy) is 1. The molecule has 3 N–H and O–H groups in total. The molecule has 0 aliphatic carbocycles. The Kier molecular flexibility index (Phi) is 7.00. The van der Waals surface area contributed by atoms with Crippen LogP contribution < -0.4 is 20.3 Å². The predicted octanol–water partition coefficient (Wildman–Crippen LogP) is 1.87. The third kappa shape index (κ3) is 5.66. The molecule has 0 saturated carbocycles. The fourth-order valence-electron chi connectivity index (χ4n) is 2.54. The molecule has 2 amide bonds. The summed E-state index contributed by atoms with van der Waals surface area (Å²) in [4.78, 5) is 29.1. The highest BCUT2D eigenvalue weighted by molar-refractivity contribution is 7.89. The number of benzene rings is 2. The van der Waals surface area contributed by atoms with Crippen LogP contribution in [0.15, 0.2) is 59.5 Å². The Morgan fingerprint density at radius 1 is 1.03 bits per heavy atom. The van der Waals surface area contributed by atoms with Gasteiger partial charge in [0.25, 0.3) is 11.8 Å². The van der Waals surface area contributed by atoms with Gasteiger partial charge in [0.2, 0.25) is 10.0 Å². The van der Waals surface area contributed by atoms with E-state index in [2.05, 4.69) is 20.6 Å². The molecule has 3 aromatic rings. The maximum absolute atomic E-state index is 12.4. The van der Waals surface area contributed by atoms with Crippen LogP contribution in [0.4, 0.5) is 0 Å². The minimum atomic E-state index is -3.89. The Balaban J connectivity index is 1.54. The van der Waals surface area contributed by atoms with Crippen molar-refractivity contribution in [2.24, 2.45) is 0 Å². The van der Waals surface area contributed by atoms with Gasteiger partial charge in [-0.15, -0.1) is 11.3 Å². The van der Waals surface area contributed by atoms with Gasteiger partial charge < -0.3 is 4.74 Å². The smallest absolute Gasteiger partial charge is 0.281 e. The molecule has 31 heavy (non-hydrogen) atoms. The van der Waals surface area contributed by atoms with Crippen LogP contribution in [0.3, 0.4) is 0 Å². The standard InChI is InChI=1S/C20H20N4O5S2/c1-13-18(30-20(22-13)14-6-4-3-5-7-14)19(26)24-23-17(25)12-21-31(27,28)16-10-8-15(29-2)9-11-16/h3-11,21H,12H2,1-2H3,(H,23,25)(H,24,26). The van der Waals surface area contributed by atoms with Crippen molar-refractivity contribution in [2.45, 2.75) is 11.8 Å². The summed E-state index contributed by atoms with van der Waals surface area (Å²) < 4.78 is 31.7. The number of sulfonamides is 1. The summed E-state index contributed by atoms with van der Waals surface area (Å²) in [6, 6.07) is 15.1. The lowest BCUT2D eigenvalue weighted by atomic mass is 10.2. The SMILES string of the molecule is COc1ccc(S(=O)(=O)NCC(=O)NNC(=O)c2sc(-c3ccccc3)nc2C)cc1. The van der Waals surface area contributed by atoms with Crippen LogP contribution in [0.2, 0.25) is 0 Å². The molecular formula is C20H20N4O5S2. The second kappa shape index (κ2) is 9.69. The highest BCUT2D eigenvalue weighted by Gasteiger charge is 2.18. The van der Waals surface area contributed by atoms with E-state index in [9.17, 15) is 18.0 Å². The van der Waals surface area contributed by atoms with Crippen molar-refractivity contribution < 1.29 is 22.7 Å². The number of carbonyl (C=O) groups excluding carboxylic acids is 2. The van der Waals surface area contributed by atoms with E-state index in [-0.39, 0.29) is 4.90 Å². The number of aryl methyl sites for hydroxylation is 1. The topological polar surface area (TPSA) is 126 Å². The molecule has 0 saturated heterocycles. The third-order valence-electron chi connectivity index (χ3n) is 4.13. The Morgan fingerprint density at radius 2 is 1.71 bits per heavy atom. The van der Waals surface area contributed by atoms with Crippen molar-refractivity contribution in [3.8, 4) is 16.3 Å². The predicted molar refractivity (Wildman–Crippen MR) is 116 cm³/mol. The molecule has 0 radical (unpaired) electrons. The quantitative estimate of drug-likeness (QED) is 0.462. The number of aromatic nitrogens is 1. The molecule has 2 aromatic carbocycles. The average molecular weight is 461 g/mol. The van der Waals surface area contributed by atoms with Gasteiger partial charge in [0.05, 0.1) is 24.2 Å². The molecule has 9 nitrogen and oxygen atoms in total. The maximum atomic E-state index is 12.4. The van der Waals surface area contributed by atoms with Gasteiger partial charge >= 0.3 is 0 Å². The summed E-state index contributed by atoms with van der Waals surface area (Å²) in [7, 11) is -2.42. The van der Waals surface area contributed by atoms with Gasteiger partial charge in [-0.25, -0.2) is 18.1 Å². The highest BCUT2D eigenvalue weighted by Crippen LogP contribution is 2.27. The monoisotopic (exact) mass is 460 g/mol. The maximum Gasteiger partial charge on any atom is 0.281 e. The first-order chi connectivity index (χ1) is 14.8. The lowest BCUT2D eigenvalue weighted by Crippen LogP contribution is -2.46. The number of amides is 2. The van der Waals surface area contributed by atoms with Gasteiger partial charge in [-0.2, -0.15) is 0 Å². The second-order valence-corrected chi connectivity index (χ2v) is 9.07. The normalized spacial score (nSPS) is 11.0. The highest BCUT2D eigenvalue weighted by atomic mass is 32.2. The molecule has 1 aromatic heterocycles. The summed E-state index contributed by atoms with van der Waals surface area (Å²) in [5.41, 5.74) is 5.87. The summed E-state index contributed by atoms with van der Waals surface area (Å²) >= 11 is 1.19. The summed E-state index contributed by atoms with van der Waals surface area (Å²) in [6.07, 6.45) is 0. The number of rotatable bonds is 7. The summed E-state index contributed by atoms with van der Waals surface area (Å²) in [6.45, 7) is 1.15. The first-order valence-electron chi connectivity index (χ1n) is 9.06. The molecule has 0 bridgehead atoms. The van der Waals surface area contributed by atoms with Crippen LogP contribution in [0.25, 0.3) is 10.6 Å². The van der Waals surface area contributed by atoms with Crippen molar-refractivity contribution in [3.05, 3.63) is 65.2 Å². The third-order valence-corrected chi connectivity index (χ3v) is 6.75. The zero-order valence-electron chi connectivity index (χ0n) is 16.7. The molecule has 0 unspecified atom stereocenters. The number of hydrogen-bond acceptors (Lipinski definition) is 7. The van der Waals surface area contributed by atoms with Crippen molar-refractivity contribution in [2.75, 3.05) is 13.7 Å². The summed E-state index contributed by atoms with van der Waals surface area (Å²) in [5.74, 6) is -0.757. The number of hydrogen-bond donors (Lipinski definition) is 3. The van der Waals surface area contributed by atoms with Crippen molar-refractivity contribution in [1.29, 1.82) is 0 Å². The number of carbonyl (C=O) groups is 2. The number of nitrogens with zero attached hydrogens (tertiary/aromatic N) is 1. The van der Waals surface area contributed by atoms with E-state index in [1.54, 1.807) is 6.92 Å². The van der Waals surface area contributed by atoms with Crippen molar-refractivity contribution in [1.82, 2.24) is 20.6 Å². The fraction of sp³-hybridized carbons (Fsp3) is 0.150. The average Bonchev–Trinajstić information content (AvgIpc) is 3.18. The minimum absolute atomic E-state index is 0.0149. The van der Waals surface area contributed by atoms with E-state index in [0.717, 1.165) is 5.56 Å². The van der Waals surface area contributed by atoms with Crippen LogP contribution in [0, 0.1) is 6.92 Å². The van der Waals surface area contributed by atoms with Crippen LogP contribution >= 0.6 is 11.3 Å². The van der Waals surface area contributed by atoms with Gasteiger partial charge in [-0.3, -0.25) is 20.4 Å². The van der Waals surface area contributed by atoms with Crippen LogP contribution in [-0.4, -0.2) is 38.9 Å². The van der Waals surface area contributed by atoms with E-state index in [4.69, 9.17) is 4.74 Å². The lowest BCUT2D eigenvalue weighted by molar-refractivity contribution is -0.120. The number of hydrazine groups is 1. The van der Waals surface area contributed by atoms with Gasteiger partial charge in [-0.1, -0.05) is 30.3 Å². The number of nitrogens with one attached hydrogen (secondary N) is 3. The molecule has 3 rings (SSSR count). The first kappa shape index (κ1) is 22.4. The van der Waals surface area contributed by atoms with E-state index in [0.29, 0.717) is 21.3 Å². The molecule has 0 fully saturated rings. The van der Waals surface area contributed by atoms with Gasteiger partial charge in [0, 0.05) is 5.56 Å². The summed E-state index contributed by atoms with van der Waals surface area (Å²) in [5, 5.41) is 0.682. The molecule has 0 aliphatic heterocycles. The van der Waals surface area contributed by atoms with Gasteiger partial charge in [-0.05, 0) is 31.2 Å². The molecule has 0 spiro atoms. The van der Waals surface area contributed by atoms with Crippen LogP contribution in [0.5, 0.6) is 5.75 Å². The first-order valence-corrected chi connectivity index (χ1v) is 11.4. The van der Waals surface area contributed by atoms with E-state index in [1.807, 2.05) is 30.3 Å². The fourth-order valence-corrected chi connectivity index (χ4v) is 4.49. The van der Waals surface area contributed by atoms with E-state index >= 15 is 0 Å². The number of thiazole rings is 1. The lowest BCUT2D eigenvalue weighted by Gasteiger charge is -2.09. The molecule has 162 valence electrons. The number of methoxy groups -OCH3 is 1. The minimum Gasteiger partial charge on any atom is -0.497 e. The second-order valence-electron chi connectivity index (χ2n) is 6.30. The van der Waals surface area contributed by atoms with E-state index < -0.39 is 28.4 Å². The molecule has 11 heteroatoms. The Hall–Kier alpha value is -3.28. The van der Waals surface area contributed by atoms with Gasteiger partial charge in [0.1, 0.15) is 15.6 Å². The molecule has 0 atom stereocenters. The van der Waals surface area contributed by atoms with Crippen molar-refractivity contribution >= 4 is 33.2 Å². The molecule has 0 aliphatic rings. The Bertz CT molecular complexity index is 1180. The largest absolute Gasteiger partial charge is 0.497 e. The van der Waals surface area contributed by atoms with Crippen LogP contribution in [-0.2, 0) is 14.8 Å². The Morgan fingerprint density at radius 3 is 2.35 bits per heavy atom. The van der Waals surface area contributed by atoms with Crippen molar-refractivity contribution in [3.63, 3.8) is 0 Å². The zero-order chi connectivity index (χ0) is 22.4. The zero-order valence-corrected chi connectivity index (χ0v) is 18.3. The van der Waals surface area contributed by atoms with Crippen LogP contribution in [0.1, 0.15) is 15.4 Å².